The summed E-state index contributed by atoms with van der Waals surface area (Å²) < 4.78 is 18.0. The number of hydrogen-bond donors (Lipinski definition) is 1. The Bertz CT molecular complexity index is 938. The van der Waals surface area contributed by atoms with E-state index in [0.29, 0.717) is 34.0 Å². The molecule has 0 radical (unpaired) electrons. The van der Waals surface area contributed by atoms with E-state index in [-0.39, 0.29) is 6.61 Å². The van der Waals surface area contributed by atoms with Crippen LogP contribution in [0.25, 0.3) is 5.69 Å². The van der Waals surface area contributed by atoms with Crippen LogP contribution in [0.2, 0.25) is 5.02 Å². The minimum Gasteiger partial charge on any atom is -0.493 e. The standard InChI is InChI=1S/C20H22ClN3O4S/c1-26-18-7-6-14(8-19(18)27-2)10-28-11-17(25)12-29-20-23-22-13-24(20)16-5-3-4-15(21)9-16/h3-9,13,17,25H,10-12H2,1-2H3. The fourth-order valence-electron chi connectivity index (χ4n) is 2.63. The first-order valence-electron chi connectivity index (χ1n) is 8.86. The maximum atomic E-state index is 10.2. The molecule has 3 rings (SSSR count). The van der Waals surface area contributed by atoms with Gasteiger partial charge in [-0.15, -0.1) is 10.2 Å². The second-order valence-electron chi connectivity index (χ2n) is 6.13. The van der Waals surface area contributed by atoms with E-state index in [1.807, 2.05) is 47.0 Å². The molecule has 1 atom stereocenters. The monoisotopic (exact) mass is 435 g/mol. The van der Waals surface area contributed by atoms with Crippen LogP contribution < -0.4 is 9.47 Å². The first-order chi connectivity index (χ1) is 14.1. The highest BCUT2D eigenvalue weighted by molar-refractivity contribution is 7.99. The molecular formula is C20H22ClN3O4S. The Hall–Kier alpha value is -2.26. The van der Waals surface area contributed by atoms with Crippen molar-refractivity contribution < 1.29 is 19.3 Å². The van der Waals surface area contributed by atoms with Crippen molar-refractivity contribution in [2.75, 3.05) is 26.6 Å². The number of nitrogens with zero attached hydrogens (tertiary/aromatic N) is 3. The van der Waals surface area contributed by atoms with Gasteiger partial charge in [0, 0.05) is 10.8 Å². The van der Waals surface area contributed by atoms with E-state index in [1.165, 1.54) is 11.8 Å². The van der Waals surface area contributed by atoms with Crippen LogP contribution in [0.5, 0.6) is 11.5 Å². The molecule has 0 aliphatic rings. The Morgan fingerprint density at radius 2 is 1.97 bits per heavy atom. The van der Waals surface area contributed by atoms with Crippen LogP contribution in [-0.2, 0) is 11.3 Å². The lowest BCUT2D eigenvalue weighted by molar-refractivity contribution is 0.0397. The molecule has 0 saturated heterocycles. The number of hydrogen-bond acceptors (Lipinski definition) is 7. The molecule has 2 aromatic carbocycles. The molecular weight excluding hydrogens is 414 g/mol. The Morgan fingerprint density at radius 3 is 2.72 bits per heavy atom. The van der Waals surface area contributed by atoms with Crippen LogP contribution in [0.1, 0.15) is 5.56 Å². The molecule has 7 nitrogen and oxygen atoms in total. The van der Waals surface area contributed by atoms with Crippen molar-refractivity contribution in [3.63, 3.8) is 0 Å². The Labute approximate surface area is 178 Å². The lowest BCUT2D eigenvalue weighted by atomic mass is 10.2. The van der Waals surface area contributed by atoms with E-state index in [4.69, 9.17) is 25.8 Å². The minimum atomic E-state index is -0.648. The zero-order valence-corrected chi connectivity index (χ0v) is 17.7. The van der Waals surface area contributed by atoms with Gasteiger partial charge in [-0.2, -0.15) is 0 Å². The van der Waals surface area contributed by atoms with Gasteiger partial charge in [0.1, 0.15) is 6.33 Å². The quantitative estimate of drug-likeness (QED) is 0.487. The van der Waals surface area contributed by atoms with E-state index in [9.17, 15) is 5.11 Å². The van der Waals surface area contributed by atoms with Crippen molar-refractivity contribution in [1.82, 2.24) is 14.8 Å². The summed E-state index contributed by atoms with van der Waals surface area (Å²) >= 11 is 7.45. The smallest absolute Gasteiger partial charge is 0.195 e. The fraction of sp³-hybridized carbons (Fsp3) is 0.300. The van der Waals surface area contributed by atoms with Gasteiger partial charge in [0.05, 0.1) is 39.2 Å². The van der Waals surface area contributed by atoms with Crippen LogP contribution >= 0.6 is 23.4 Å². The van der Waals surface area contributed by atoms with Crippen LogP contribution in [0.3, 0.4) is 0 Å². The highest BCUT2D eigenvalue weighted by atomic mass is 35.5. The third-order valence-electron chi connectivity index (χ3n) is 4.03. The van der Waals surface area contributed by atoms with Gasteiger partial charge in [-0.05, 0) is 35.9 Å². The number of aromatic nitrogens is 3. The van der Waals surface area contributed by atoms with Crippen molar-refractivity contribution in [3.8, 4) is 17.2 Å². The van der Waals surface area contributed by atoms with Crippen molar-refractivity contribution in [2.24, 2.45) is 0 Å². The molecule has 0 fully saturated rings. The zero-order valence-electron chi connectivity index (χ0n) is 16.1. The maximum absolute atomic E-state index is 10.2. The highest BCUT2D eigenvalue weighted by Crippen LogP contribution is 2.28. The normalized spacial score (nSPS) is 12.0. The highest BCUT2D eigenvalue weighted by Gasteiger charge is 2.12. The van der Waals surface area contributed by atoms with Crippen LogP contribution in [-0.4, -0.2) is 52.6 Å². The summed E-state index contributed by atoms with van der Waals surface area (Å²) in [6, 6.07) is 13.0. The molecule has 0 aliphatic carbocycles. The lowest BCUT2D eigenvalue weighted by Crippen LogP contribution is -2.18. The number of methoxy groups -OCH3 is 2. The minimum absolute atomic E-state index is 0.201. The molecule has 1 aromatic heterocycles. The molecule has 0 amide bonds. The Balaban J connectivity index is 1.49. The Kier molecular flexibility index (Phi) is 7.76. The zero-order chi connectivity index (χ0) is 20.6. The van der Waals surface area contributed by atoms with Gasteiger partial charge < -0.3 is 19.3 Å². The van der Waals surface area contributed by atoms with Crippen molar-refractivity contribution in [3.05, 3.63) is 59.4 Å². The van der Waals surface area contributed by atoms with E-state index < -0.39 is 6.10 Å². The van der Waals surface area contributed by atoms with E-state index >= 15 is 0 Å². The second kappa shape index (κ2) is 10.5. The topological polar surface area (TPSA) is 78.6 Å². The number of thioether (sulfide) groups is 1. The number of rotatable bonds is 10. The van der Waals surface area contributed by atoms with E-state index in [2.05, 4.69) is 10.2 Å². The molecule has 0 bridgehead atoms. The predicted molar refractivity (Wildman–Crippen MR) is 112 cm³/mol. The van der Waals surface area contributed by atoms with Crippen molar-refractivity contribution >= 4 is 23.4 Å². The first kappa shape index (κ1) is 21.4. The summed E-state index contributed by atoms with van der Waals surface area (Å²) in [4.78, 5) is 0. The average Bonchev–Trinajstić information content (AvgIpc) is 3.21. The largest absolute Gasteiger partial charge is 0.493 e. The molecule has 1 N–H and O–H groups in total. The van der Waals surface area contributed by atoms with Crippen LogP contribution in [0.15, 0.2) is 53.9 Å². The number of aliphatic hydroxyl groups is 1. The molecule has 3 aromatic rings. The van der Waals surface area contributed by atoms with Gasteiger partial charge in [0.15, 0.2) is 16.7 Å². The fourth-order valence-corrected chi connectivity index (χ4v) is 3.65. The summed E-state index contributed by atoms with van der Waals surface area (Å²) in [6.45, 7) is 0.563. The van der Waals surface area contributed by atoms with Gasteiger partial charge in [-0.3, -0.25) is 4.57 Å². The third-order valence-corrected chi connectivity index (χ3v) is 5.36. The first-order valence-corrected chi connectivity index (χ1v) is 10.2. The number of ether oxygens (including phenoxy) is 3. The molecule has 1 heterocycles. The molecule has 154 valence electrons. The number of aliphatic hydroxyl groups excluding tert-OH is 1. The third kappa shape index (κ3) is 5.86. The SMILES string of the molecule is COc1ccc(COCC(O)CSc2nncn2-c2cccc(Cl)c2)cc1OC. The molecule has 0 aliphatic heterocycles. The average molecular weight is 436 g/mol. The van der Waals surface area contributed by atoms with Crippen LogP contribution in [0, 0.1) is 0 Å². The summed E-state index contributed by atoms with van der Waals surface area (Å²) in [5, 5.41) is 19.6. The summed E-state index contributed by atoms with van der Waals surface area (Å²) in [7, 11) is 3.18. The Morgan fingerprint density at radius 1 is 1.14 bits per heavy atom. The van der Waals surface area contributed by atoms with Gasteiger partial charge in [-0.1, -0.05) is 35.5 Å². The summed E-state index contributed by atoms with van der Waals surface area (Å²) in [5.41, 5.74) is 1.80. The number of benzene rings is 2. The number of halogens is 1. The second-order valence-corrected chi connectivity index (χ2v) is 7.56. The molecule has 0 spiro atoms. The van der Waals surface area contributed by atoms with Gasteiger partial charge in [0.2, 0.25) is 0 Å². The van der Waals surface area contributed by atoms with Gasteiger partial charge >= 0.3 is 0 Å². The van der Waals surface area contributed by atoms with Gasteiger partial charge in [0.25, 0.3) is 0 Å². The molecule has 29 heavy (non-hydrogen) atoms. The van der Waals surface area contributed by atoms with Crippen molar-refractivity contribution in [1.29, 1.82) is 0 Å². The summed E-state index contributed by atoms with van der Waals surface area (Å²) in [5.74, 6) is 1.73. The van der Waals surface area contributed by atoms with Crippen LogP contribution in [0.4, 0.5) is 0 Å². The molecule has 0 saturated carbocycles. The van der Waals surface area contributed by atoms with Gasteiger partial charge in [-0.25, -0.2) is 0 Å². The predicted octanol–water partition coefficient (Wildman–Crippen LogP) is 3.61. The van der Waals surface area contributed by atoms with E-state index in [1.54, 1.807) is 20.5 Å². The van der Waals surface area contributed by atoms with Crippen molar-refractivity contribution in [2.45, 2.75) is 17.9 Å². The maximum Gasteiger partial charge on any atom is 0.195 e. The molecule has 1 unspecified atom stereocenters. The summed E-state index contributed by atoms with van der Waals surface area (Å²) in [6.07, 6.45) is 0.971. The molecule has 9 heteroatoms. The van der Waals surface area contributed by atoms with E-state index in [0.717, 1.165) is 11.3 Å². The lowest BCUT2D eigenvalue weighted by Gasteiger charge is -2.13.